The first-order valence-electron chi connectivity index (χ1n) is 9.50. The number of anilines is 1. The zero-order chi connectivity index (χ0) is 21.1. The summed E-state index contributed by atoms with van der Waals surface area (Å²) in [5.41, 5.74) is 5.68. The molecule has 0 fully saturated rings. The summed E-state index contributed by atoms with van der Waals surface area (Å²) in [6, 6.07) is 10.4. The maximum Gasteiger partial charge on any atom is 0.271 e. The molecular weight excluding hydrogens is 372 g/mol. The van der Waals surface area contributed by atoms with Crippen molar-refractivity contribution >= 4 is 23.4 Å². The number of ether oxygens (including phenoxy) is 1. The van der Waals surface area contributed by atoms with Gasteiger partial charge in [-0.15, -0.1) is 0 Å². The summed E-state index contributed by atoms with van der Waals surface area (Å²) in [5, 5.41) is 2.80. The second kappa shape index (κ2) is 11.4. The Kier molecular flexibility index (Phi) is 8.62. The number of hydrogen-bond donors (Lipinski definition) is 3. The largest absolute Gasteiger partial charge is 0.494 e. The number of hydrazine groups is 1. The fraction of sp³-hybridized carbons (Fsp3) is 0.333. The van der Waals surface area contributed by atoms with E-state index in [0.717, 1.165) is 12.2 Å². The number of carbonyl (C=O) groups excluding carboxylic acids is 3. The molecule has 8 heteroatoms. The van der Waals surface area contributed by atoms with Crippen molar-refractivity contribution in [1.29, 1.82) is 0 Å². The van der Waals surface area contributed by atoms with Crippen LogP contribution in [0.15, 0.2) is 48.8 Å². The van der Waals surface area contributed by atoms with Crippen LogP contribution in [0.1, 0.15) is 43.5 Å². The van der Waals surface area contributed by atoms with Crippen molar-refractivity contribution in [3.63, 3.8) is 0 Å². The van der Waals surface area contributed by atoms with E-state index in [1.807, 2.05) is 6.92 Å². The third-order valence-corrected chi connectivity index (χ3v) is 3.92. The number of aromatic nitrogens is 1. The highest BCUT2D eigenvalue weighted by Gasteiger charge is 2.14. The Balaban J connectivity index is 1.70. The molecule has 29 heavy (non-hydrogen) atoms. The Hall–Kier alpha value is -3.42. The Morgan fingerprint density at radius 1 is 1.03 bits per heavy atom. The normalized spacial score (nSPS) is 11.2. The molecule has 1 aromatic carbocycles. The molecule has 0 saturated carbocycles. The van der Waals surface area contributed by atoms with Crippen LogP contribution >= 0.6 is 0 Å². The number of nitrogens with one attached hydrogen (secondary N) is 3. The molecule has 154 valence electrons. The quantitative estimate of drug-likeness (QED) is 0.563. The predicted molar refractivity (Wildman–Crippen MR) is 109 cm³/mol. The lowest BCUT2D eigenvalue weighted by Gasteiger charge is -2.13. The molecule has 1 aromatic heterocycles. The van der Waals surface area contributed by atoms with Crippen LogP contribution in [0.4, 0.5) is 5.69 Å². The van der Waals surface area contributed by atoms with Gasteiger partial charge in [0.05, 0.1) is 12.2 Å². The molecule has 8 nitrogen and oxygen atoms in total. The van der Waals surface area contributed by atoms with Crippen LogP contribution in [0.5, 0.6) is 5.75 Å². The first-order chi connectivity index (χ1) is 14.0. The van der Waals surface area contributed by atoms with Gasteiger partial charge in [-0.2, -0.15) is 0 Å². The van der Waals surface area contributed by atoms with Crippen LogP contribution in [-0.4, -0.2) is 29.3 Å². The molecule has 1 atom stereocenters. The summed E-state index contributed by atoms with van der Waals surface area (Å²) < 4.78 is 5.50. The van der Waals surface area contributed by atoms with Gasteiger partial charge < -0.3 is 10.1 Å². The molecule has 0 radical (unpaired) electrons. The number of carbonyl (C=O) groups is 3. The molecule has 1 heterocycles. The molecule has 2 rings (SSSR count). The van der Waals surface area contributed by atoms with Crippen LogP contribution in [0.25, 0.3) is 0 Å². The lowest BCUT2D eigenvalue weighted by atomic mass is 10.0. The molecular formula is C21H26N4O4. The van der Waals surface area contributed by atoms with Gasteiger partial charge in [-0.3, -0.25) is 30.2 Å². The lowest BCUT2D eigenvalue weighted by molar-refractivity contribution is -0.123. The van der Waals surface area contributed by atoms with Gasteiger partial charge in [-0.1, -0.05) is 13.8 Å². The summed E-state index contributed by atoms with van der Waals surface area (Å²) >= 11 is 0. The van der Waals surface area contributed by atoms with Gasteiger partial charge in [-0.05, 0) is 48.7 Å². The second-order valence-electron chi connectivity index (χ2n) is 6.68. The van der Waals surface area contributed by atoms with Crippen molar-refractivity contribution in [3.05, 3.63) is 54.4 Å². The van der Waals surface area contributed by atoms with Crippen molar-refractivity contribution in [2.45, 2.75) is 33.1 Å². The van der Waals surface area contributed by atoms with Crippen molar-refractivity contribution < 1.29 is 19.1 Å². The van der Waals surface area contributed by atoms with Gasteiger partial charge in [0.1, 0.15) is 5.75 Å². The summed E-state index contributed by atoms with van der Waals surface area (Å²) in [6.07, 6.45) is 4.16. The fourth-order valence-electron chi connectivity index (χ4n) is 2.52. The van der Waals surface area contributed by atoms with Gasteiger partial charge in [-0.25, -0.2) is 0 Å². The minimum Gasteiger partial charge on any atom is -0.494 e. The first-order valence-corrected chi connectivity index (χ1v) is 9.50. The summed E-state index contributed by atoms with van der Waals surface area (Å²) in [5.74, 6) is -0.462. The lowest BCUT2D eigenvalue weighted by Crippen LogP contribution is -2.42. The molecule has 3 amide bonds. The number of amides is 3. The SMILES string of the molecule is CCCOc1ccc(NC(=O)CC(C)CC(=O)NNC(=O)c2cccnc2)cc1. The highest BCUT2D eigenvalue weighted by molar-refractivity contribution is 5.95. The topological polar surface area (TPSA) is 109 Å². The van der Waals surface area contributed by atoms with E-state index in [1.165, 1.54) is 6.20 Å². The van der Waals surface area contributed by atoms with Crippen molar-refractivity contribution in [3.8, 4) is 5.75 Å². The zero-order valence-corrected chi connectivity index (χ0v) is 16.6. The van der Waals surface area contributed by atoms with Crippen LogP contribution in [0.3, 0.4) is 0 Å². The van der Waals surface area contributed by atoms with E-state index in [2.05, 4.69) is 21.2 Å². The Morgan fingerprint density at radius 3 is 2.41 bits per heavy atom. The first kappa shape index (κ1) is 21.9. The highest BCUT2D eigenvalue weighted by Crippen LogP contribution is 2.17. The number of nitrogens with zero attached hydrogens (tertiary/aromatic N) is 1. The Morgan fingerprint density at radius 2 is 1.76 bits per heavy atom. The van der Waals surface area contributed by atoms with E-state index in [1.54, 1.807) is 49.5 Å². The Bertz CT molecular complexity index is 809. The zero-order valence-electron chi connectivity index (χ0n) is 16.6. The van der Waals surface area contributed by atoms with Crippen molar-refractivity contribution in [2.24, 2.45) is 5.92 Å². The van der Waals surface area contributed by atoms with Gasteiger partial charge in [0.2, 0.25) is 11.8 Å². The number of hydrogen-bond acceptors (Lipinski definition) is 5. The Labute approximate surface area is 170 Å². The number of benzene rings is 1. The minimum absolute atomic E-state index is 0.102. The van der Waals surface area contributed by atoms with E-state index in [4.69, 9.17) is 4.74 Å². The van der Waals surface area contributed by atoms with Gasteiger partial charge in [0, 0.05) is 30.9 Å². The molecule has 0 aliphatic rings. The van der Waals surface area contributed by atoms with E-state index >= 15 is 0 Å². The molecule has 2 aromatic rings. The summed E-state index contributed by atoms with van der Waals surface area (Å²) in [6.45, 7) is 4.47. The van der Waals surface area contributed by atoms with Crippen LogP contribution in [0, 0.1) is 5.92 Å². The van der Waals surface area contributed by atoms with E-state index < -0.39 is 5.91 Å². The van der Waals surface area contributed by atoms with Gasteiger partial charge in [0.25, 0.3) is 5.91 Å². The molecule has 0 aliphatic heterocycles. The van der Waals surface area contributed by atoms with E-state index in [-0.39, 0.29) is 30.6 Å². The molecule has 0 spiro atoms. The van der Waals surface area contributed by atoms with Gasteiger partial charge in [0.15, 0.2) is 0 Å². The molecule has 0 bridgehead atoms. The smallest absolute Gasteiger partial charge is 0.271 e. The average Bonchev–Trinajstić information content (AvgIpc) is 2.72. The second-order valence-corrected chi connectivity index (χ2v) is 6.68. The van der Waals surface area contributed by atoms with Crippen LogP contribution in [-0.2, 0) is 9.59 Å². The monoisotopic (exact) mass is 398 g/mol. The molecule has 0 saturated heterocycles. The number of rotatable bonds is 9. The highest BCUT2D eigenvalue weighted by atomic mass is 16.5. The third-order valence-electron chi connectivity index (χ3n) is 3.92. The van der Waals surface area contributed by atoms with Crippen LogP contribution in [0.2, 0.25) is 0 Å². The molecule has 1 unspecified atom stereocenters. The summed E-state index contributed by atoms with van der Waals surface area (Å²) in [7, 11) is 0. The predicted octanol–water partition coefficient (Wildman–Crippen LogP) is 2.69. The summed E-state index contributed by atoms with van der Waals surface area (Å²) in [4.78, 5) is 39.8. The van der Waals surface area contributed by atoms with E-state index in [0.29, 0.717) is 17.9 Å². The maximum absolute atomic E-state index is 12.2. The standard InChI is InChI=1S/C21H26N4O4/c1-3-11-29-18-8-6-17(7-9-18)23-19(26)12-15(2)13-20(27)24-25-21(28)16-5-4-10-22-14-16/h4-10,14-15H,3,11-13H2,1-2H3,(H,23,26)(H,24,27)(H,25,28). The molecule has 0 aliphatic carbocycles. The maximum atomic E-state index is 12.2. The average molecular weight is 398 g/mol. The third kappa shape index (κ3) is 8.00. The van der Waals surface area contributed by atoms with Crippen LogP contribution < -0.4 is 20.9 Å². The minimum atomic E-state index is -0.455. The van der Waals surface area contributed by atoms with E-state index in [9.17, 15) is 14.4 Å². The van der Waals surface area contributed by atoms with Crippen molar-refractivity contribution in [1.82, 2.24) is 15.8 Å². The van der Waals surface area contributed by atoms with Gasteiger partial charge >= 0.3 is 0 Å². The molecule has 3 N–H and O–H groups in total. The van der Waals surface area contributed by atoms with Crippen molar-refractivity contribution in [2.75, 3.05) is 11.9 Å². The number of pyridine rings is 1. The fourth-order valence-corrected chi connectivity index (χ4v) is 2.52.